The molecule has 2 fully saturated rings. The number of aliphatic hydroxyl groups excluding tert-OH is 1. The van der Waals surface area contributed by atoms with E-state index in [1.807, 2.05) is 0 Å². The highest BCUT2D eigenvalue weighted by molar-refractivity contribution is 5.85. The third-order valence-electron chi connectivity index (χ3n) is 2.92. The summed E-state index contributed by atoms with van der Waals surface area (Å²) in [7, 11) is 0. The van der Waals surface area contributed by atoms with Gasteiger partial charge in [0.2, 0.25) is 0 Å². The summed E-state index contributed by atoms with van der Waals surface area (Å²) in [6.07, 6.45) is 0.856. The number of piperazine rings is 1. The third-order valence-corrected chi connectivity index (χ3v) is 2.92. The molecule has 2 heterocycles. The quantitative estimate of drug-likeness (QED) is 0.655. The number of rotatable bonds is 0. The number of hydrogen-bond acceptors (Lipinski definition) is 3. The summed E-state index contributed by atoms with van der Waals surface area (Å²) < 4.78 is 0. The molecule has 0 aromatic heterocycles. The van der Waals surface area contributed by atoms with Gasteiger partial charge in [-0.2, -0.15) is 0 Å². The van der Waals surface area contributed by atoms with Gasteiger partial charge in [0, 0.05) is 31.2 Å². The largest absolute Gasteiger partial charge is 0.392 e. The molecule has 2 atom stereocenters. The van der Waals surface area contributed by atoms with Crippen LogP contribution >= 0.6 is 24.8 Å². The molecule has 14 heavy (non-hydrogen) atoms. The minimum atomic E-state index is -0.0919. The van der Waals surface area contributed by atoms with E-state index in [9.17, 15) is 5.11 Å². The predicted octanol–water partition coefficient (Wildman–Crippen LogP) is 0.647. The Morgan fingerprint density at radius 1 is 1.36 bits per heavy atom. The Balaban J connectivity index is 0.000000845. The highest BCUT2D eigenvalue weighted by atomic mass is 35.5. The average molecular weight is 243 g/mol. The van der Waals surface area contributed by atoms with Crippen molar-refractivity contribution in [3.05, 3.63) is 0 Å². The number of nitrogens with one attached hydrogen (secondary N) is 1. The zero-order valence-corrected chi connectivity index (χ0v) is 10.3. The number of nitrogens with zero attached hydrogens (tertiary/aromatic N) is 1. The van der Waals surface area contributed by atoms with Crippen LogP contribution in [-0.2, 0) is 0 Å². The summed E-state index contributed by atoms with van der Waals surface area (Å²) in [5.74, 6) is 0. The maximum Gasteiger partial charge on any atom is 0.0682 e. The van der Waals surface area contributed by atoms with Gasteiger partial charge in [0.15, 0.2) is 0 Å². The van der Waals surface area contributed by atoms with Crippen LogP contribution in [0.15, 0.2) is 0 Å². The number of fused-ring (bicyclic) bond motifs is 1. The van der Waals surface area contributed by atoms with Crippen LogP contribution in [0.25, 0.3) is 0 Å². The van der Waals surface area contributed by atoms with Crippen molar-refractivity contribution in [2.45, 2.75) is 38.0 Å². The maximum absolute atomic E-state index is 9.46. The lowest BCUT2D eigenvalue weighted by Crippen LogP contribution is -2.59. The first kappa shape index (κ1) is 14.5. The van der Waals surface area contributed by atoms with E-state index in [1.165, 1.54) is 0 Å². The van der Waals surface area contributed by atoms with Crippen LogP contribution in [0.3, 0.4) is 0 Å². The Morgan fingerprint density at radius 2 is 2.00 bits per heavy atom. The lowest BCUT2D eigenvalue weighted by Gasteiger charge is -2.41. The first-order valence-electron chi connectivity index (χ1n) is 4.74. The fourth-order valence-electron chi connectivity index (χ4n) is 2.32. The van der Waals surface area contributed by atoms with E-state index in [2.05, 4.69) is 24.1 Å². The minimum Gasteiger partial charge on any atom is -0.392 e. The van der Waals surface area contributed by atoms with E-state index in [0.29, 0.717) is 6.04 Å². The van der Waals surface area contributed by atoms with Crippen molar-refractivity contribution in [2.75, 3.05) is 19.6 Å². The van der Waals surface area contributed by atoms with E-state index in [0.717, 1.165) is 26.1 Å². The third kappa shape index (κ3) is 2.97. The Bertz CT molecular complexity index is 190. The van der Waals surface area contributed by atoms with Gasteiger partial charge in [-0.05, 0) is 20.3 Å². The van der Waals surface area contributed by atoms with Crippen molar-refractivity contribution in [3.8, 4) is 0 Å². The standard InChI is InChI=1S/C9H18N2O.2ClH/c1-9(2)6-11-5-8(12)3-7(11)4-10-9;;/h7-8,10,12H,3-6H2,1-2H3;2*1H/t7-,8+;;/m0../s1. The second-order valence-corrected chi connectivity index (χ2v) is 4.74. The molecule has 0 amide bonds. The second kappa shape index (κ2) is 4.99. The minimum absolute atomic E-state index is 0. The summed E-state index contributed by atoms with van der Waals surface area (Å²) in [6.45, 7) is 7.40. The molecule has 0 saturated carbocycles. The van der Waals surface area contributed by atoms with Crippen LogP contribution in [0, 0.1) is 0 Å². The number of halogens is 2. The first-order chi connectivity index (χ1) is 5.57. The predicted molar refractivity (Wildman–Crippen MR) is 62.6 cm³/mol. The fourth-order valence-corrected chi connectivity index (χ4v) is 2.32. The lowest BCUT2D eigenvalue weighted by molar-refractivity contribution is 0.122. The van der Waals surface area contributed by atoms with E-state index in [-0.39, 0.29) is 36.5 Å². The fraction of sp³-hybridized carbons (Fsp3) is 1.00. The molecule has 3 nitrogen and oxygen atoms in total. The molecule has 0 unspecified atom stereocenters. The molecule has 0 spiro atoms. The zero-order chi connectivity index (χ0) is 8.77. The molecular formula is C9H20Cl2N2O. The highest BCUT2D eigenvalue weighted by Crippen LogP contribution is 2.23. The molecule has 5 heteroatoms. The average Bonchev–Trinajstić information content (AvgIpc) is 2.26. The molecule has 2 aliphatic heterocycles. The van der Waals surface area contributed by atoms with Crippen LogP contribution in [0.5, 0.6) is 0 Å². The van der Waals surface area contributed by atoms with Crippen molar-refractivity contribution in [1.82, 2.24) is 10.2 Å². The van der Waals surface area contributed by atoms with Gasteiger partial charge in [0.1, 0.15) is 0 Å². The van der Waals surface area contributed by atoms with Gasteiger partial charge in [0.25, 0.3) is 0 Å². The molecule has 2 rings (SSSR count). The van der Waals surface area contributed by atoms with E-state index in [1.54, 1.807) is 0 Å². The van der Waals surface area contributed by atoms with E-state index in [4.69, 9.17) is 0 Å². The molecule has 2 aliphatic rings. The SMILES string of the molecule is CC1(C)CN2C[C@H](O)C[C@H]2CN1.Cl.Cl. The van der Waals surface area contributed by atoms with Gasteiger partial charge in [-0.15, -0.1) is 24.8 Å². The molecule has 0 aromatic carbocycles. The van der Waals surface area contributed by atoms with Gasteiger partial charge in [-0.3, -0.25) is 4.90 Å². The molecule has 0 radical (unpaired) electrons. The normalized spacial score (nSPS) is 35.4. The molecule has 0 aliphatic carbocycles. The van der Waals surface area contributed by atoms with E-state index < -0.39 is 0 Å². The van der Waals surface area contributed by atoms with Crippen molar-refractivity contribution in [3.63, 3.8) is 0 Å². The van der Waals surface area contributed by atoms with Crippen LogP contribution < -0.4 is 5.32 Å². The van der Waals surface area contributed by atoms with Crippen LogP contribution in [0.4, 0.5) is 0 Å². The van der Waals surface area contributed by atoms with Crippen LogP contribution in [0.2, 0.25) is 0 Å². The smallest absolute Gasteiger partial charge is 0.0682 e. The Labute approximate surface area is 98.1 Å². The summed E-state index contributed by atoms with van der Waals surface area (Å²) in [5, 5.41) is 13.0. The summed E-state index contributed by atoms with van der Waals surface area (Å²) in [6, 6.07) is 0.577. The summed E-state index contributed by atoms with van der Waals surface area (Å²) in [4.78, 5) is 2.40. The van der Waals surface area contributed by atoms with Gasteiger partial charge >= 0.3 is 0 Å². The highest BCUT2D eigenvalue weighted by Gasteiger charge is 2.38. The molecule has 2 saturated heterocycles. The van der Waals surface area contributed by atoms with Crippen molar-refractivity contribution in [1.29, 1.82) is 0 Å². The number of aliphatic hydroxyl groups is 1. The van der Waals surface area contributed by atoms with Crippen LogP contribution in [-0.4, -0.2) is 47.3 Å². The van der Waals surface area contributed by atoms with E-state index >= 15 is 0 Å². The molecule has 86 valence electrons. The van der Waals surface area contributed by atoms with Gasteiger partial charge < -0.3 is 10.4 Å². The number of hydrogen-bond donors (Lipinski definition) is 2. The van der Waals surface area contributed by atoms with Crippen molar-refractivity contribution >= 4 is 24.8 Å². The first-order valence-corrected chi connectivity index (χ1v) is 4.74. The Hall–Kier alpha value is 0.460. The van der Waals surface area contributed by atoms with Crippen LogP contribution in [0.1, 0.15) is 20.3 Å². The molecular weight excluding hydrogens is 223 g/mol. The Kier molecular flexibility index (Phi) is 5.16. The second-order valence-electron chi connectivity index (χ2n) is 4.74. The molecule has 2 N–H and O–H groups in total. The lowest BCUT2D eigenvalue weighted by atomic mass is 10.00. The molecule has 0 bridgehead atoms. The topological polar surface area (TPSA) is 35.5 Å². The summed E-state index contributed by atoms with van der Waals surface area (Å²) in [5.41, 5.74) is 0.223. The van der Waals surface area contributed by atoms with Crippen molar-refractivity contribution < 1.29 is 5.11 Å². The Morgan fingerprint density at radius 3 is 2.64 bits per heavy atom. The zero-order valence-electron chi connectivity index (χ0n) is 8.69. The molecule has 0 aromatic rings. The monoisotopic (exact) mass is 242 g/mol. The van der Waals surface area contributed by atoms with Gasteiger partial charge in [-0.1, -0.05) is 0 Å². The van der Waals surface area contributed by atoms with Crippen molar-refractivity contribution in [2.24, 2.45) is 0 Å². The van der Waals surface area contributed by atoms with Gasteiger partial charge in [0.05, 0.1) is 6.10 Å². The summed E-state index contributed by atoms with van der Waals surface area (Å²) >= 11 is 0. The maximum atomic E-state index is 9.46. The van der Waals surface area contributed by atoms with Gasteiger partial charge in [-0.25, -0.2) is 0 Å².